The van der Waals surface area contributed by atoms with Crippen LogP contribution in [0.5, 0.6) is 0 Å². The number of anilines is 1. The second kappa shape index (κ2) is 9.36. The maximum atomic E-state index is 11.4. The lowest BCUT2D eigenvalue weighted by Gasteiger charge is -2.16. The average Bonchev–Trinajstić information content (AvgIpc) is 3.31. The quantitative estimate of drug-likeness (QED) is 0.241. The van der Waals surface area contributed by atoms with Crippen molar-refractivity contribution in [3.05, 3.63) is 68.8 Å². The molecule has 0 fully saturated rings. The monoisotopic (exact) mass is 452 g/mol. The SMILES string of the molecule is CN(C)c1ccc(C(=C(C#N)C#N)C(=C(C#N)C#N)c2ccc([N+](=O)[O-])c3nsnc23)cc1. The maximum Gasteiger partial charge on any atom is 0.298 e. The number of nitro benzene ring substituents is 1. The van der Waals surface area contributed by atoms with E-state index < -0.39 is 4.92 Å². The smallest absolute Gasteiger partial charge is 0.298 e. The van der Waals surface area contributed by atoms with Crippen LogP contribution in [0.2, 0.25) is 0 Å². The fourth-order valence-corrected chi connectivity index (χ4v) is 3.78. The summed E-state index contributed by atoms with van der Waals surface area (Å²) in [6, 6.07) is 16.6. The highest BCUT2D eigenvalue weighted by atomic mass is 32.1. The lowest BCUT2D eigenvalue weighted by Crippen LogP contribution is -2.08. The molecule has 0 amide bonds. The van der Waals surface area contributed by atoms with Gasteiger partial charge < -0.3 is 4.90 Å². The molecule has 2 aromatic carbocycles. The van der Waals surface area contributed by atoms with Gasteiger partial charge in [-0.15, -0.1) is 0 Å². The number of hydrogen-bond donors (Lipinski definition) is 0. The van der Waals surface area contributed by atoms with E-state index >= 15 is 0 Å². The summed E-state index contributed by atoms with van der Waals surface area (Å²) in [5.74, 6) is 0. The van der Waals surface area contributed by atoms with Gasteiger partial charge in [0.1, 0.15) is 40.9 Å². The molecule has 33 heavy (non-hydrogen) atoms. The summed E-state index contributed by atoms with van der Waals surface area (Å²) in [7, 11) is 3.69. The zero-order valence-electron chi connectivity index (χ0n) is 17.3. The Morgan fingerprint density at radius 3 is 1.94 bits per heavy atom. The van der Waals surface area contributed by atoms with Gasteiger partial charge in [-0.2, -0.15) is 29.8 Å². The predicted molar refractivity (Wildman–Crippen MR) is 121 cm³/mol. The number of nitriles is 4. The lowest BCUT2D eigenvalue weighted by atomic mass is 9.85. The first-order valence-electron chi connectivity index (χ1n) is 9.15. The number of benzene rings is 2. The van der Waals surface area contributed by atoms with Gasteiger partial charge >= 0.3 is 0 Å². The van der Waals surface area contributed by atoms with E-state index in [-0.39, 0.29) is 44.6 Å². The normalized spacial score (nSPS) is 9.64. The molecule has 0 aliphatic heterocycles. The van der Waals surface area contributed by atoms with Crippen LogP contribution in [0.15, 0.2) is 47.5 Å². The Morgan fingerprint density at radius 1 is 0.879 bits per heavy atom. The molecule has 0 saturated heterocycles. The fraction of sp³-hybridized carbons (Fsp3) is 0.0909. The van der Waals surface area contributed by atoms with Crippen LogP contribution in [0.4, 0.5) is 11.4 Å². The molecule has 158 valence electrons. The van der Waals surface area contributed by atoms with Crippen molar-refractivity contribution in [2.24, 2.45) is 0 Å². The third-order valence-electron chi connectivity index (χ3n) is 4.73. The van der Waals surface area contributed by atoms with E-state index in [2.05, 4.69) is 8.75 Å². The van der Waals surface area contributed by atoms with Crippen LogP contribution in [0.3, 0.4) is 0 Å². The summed E-state index contributed by atoms with van der Waals surface area (Å²) in [6.07, 6.45) is 0. The summed E-state index contributed by atoms with van der Waals surface area (Å²) in [6.45, 7) is 0. The van der Waals surface area contributed by atoms with E-state index in [4.69, 9.17) is 0 Å². The molecule has 3 aromatic rings. The van der Waals surface area contributed by atoms with E-state index in [0.717, 1.165) is 17.4 Å². The van der Waals surface area contributed by atoms with Crippen LogP contribution in [0.1, 0.15) is 11.1 Å². The Hall–Kier alpha value is -5.10. The molecule has 0 aliphatic carbocycles. The molecule has 0 radical (unpaired) electrons. The van der Waals surface area contributed by atoms with Gasteiger partial charge in [0.25, 0.3) is 5.69 Å². The van der Waals surface area contributed by atoms with Crippen LogP contribution >= 0.6 is 11.7 Å². The second-order valence-corrected chi connectivity index (χ2v) is 7.27. The standard InChI is InChI=1S/C22H12N8O2S/c1-29(2)16-5-3-13(4-6-16)19(14(9-23)10-24)20(15(11-25)12-26)17-7-8-18(30(31)32)22-21(17)27-33-28-22/h3-8H,1-2H3. The maximum absolute atomic E-state index is 11.4. The van der Waals surface area contributed by atoms with E-state index in [1.807, 2.05) is 31.1 Å². The average molecular weight is 452 g/mol. The van der Waals surface area contributed by atoms with Gasteiger partial charge in [0.15, 0.2) is 5.52 Å². The Morgan fingerprint density at radius 2 is 1.42 bits per heavy atom. The van der Waals surface area contributed by atoms with Crippen molar-refractivity contribution in [3.63, 3.8) is 0 Å². The van der Waals surface area contributed by atoms with Gasteiger partial charge in [0.2, 0.25) is 0 Å². The summed E-state index contributed by atoms with van der Waals surface area (Å²) in [5.41, 5.74) is 0.518. The van der Waals surface area contributed by atoms with Crippen molar-refractivity contribution >= 4 is 45.3 Å². The van der Waals surface area contributed by atoms with Gasteiger partial charge in [-0.05, 0) is 23.8 Å². The van der Waals surface area contributed by atoms with Crippen molar-refractivity contribution in [3.8, 4) is 24.3 Å². The first-order chi connectivity index (χ1) is 15.9. The van der Waals surface area contributed by atoms with Crippen molar-refractivity contribution in [1.29, 1.82) is 21.0 Å². The number of aromatic nitrogens is 2. The third kappa shape index (κ3) is 4.08. The summed E-state index contributed by atoms with van der Waals surface area (Å²) >= 11 is 0.731. The molecular weight excluding hydrogens is 440 g/mol. The first-order valence-corrected chi connectivity index (χ1v) is 9.88. The number of nitro groups is 1. The molecule has 1 heterocycles. The zero-order chi connectivity index (χ0) is 24.1. The highest BCUT2D eigenvalue weighted by Crippen LogP contribution is 2.40. The predicted octanol–water partition coefficient (Wildman–Crippen LogP) is 3.97. The molecule has 3 rings (SSSR count). The van der Waals surface area contributed by atoms with Crippen molar-refractivity contribution < 1.29 is 4.92 Å². The summed E-state index contributed by atoms with van der Waals surface area (Å²) < 4.78 is 8.13. The van der Waals surface area contributed by atoms with Gasteiger partial charge in [0, 0.05) is 42.6 Å². The Bertz CT molecular complexity index is 1470. The van der Waals surface area contributed by atoms with Gasteiger partial charge in [-0.3, -0.25) is 10.1 Å². The first kappa shape index (κ1) is 22.6. The highest BCUT2D eigenvalue weighted by Gasteiger charge is 2.26. The number of fused-ring (bicyclic) bond motifs is 1. The minimum absolute atomic E-state index is 0.0204. The largest absolute Gasteiger partial charge is 0.378 e. The molecule has 0 N–H and O–H groups in total. The minimum atomic E-state index is -0.612. The Kier molecular flexibility index (Phi) is 6.41. The minimum Gasteiger partial charge on any atom is -0.378 e. The van der Waals surface area contributed by atoms with Crippen molar-refractivity contribution in [1.82, 2.24) is 8.75 Å². The van der Waals surface area contributed by atoms with Crippen LogP contribution in [0.25, 0.3) is 22.2 Å². The topological polar surface area (TPSA) is 167 Å². The highest BCUT2D eigenvalue weighted by molar-refractivity contribution is 7.00. The van der Waals surface area contributed by atoms with E-state index in [1.165, 1.54) is 12.1 Å². The molecule has 0 saturated carbocycles. The van der Waals surface area contributed by atoms with Crippen LogP contribution in [0, 0.1) is 55.4 Å². The number of hydrogen-bond acceptors (Lipinski definition) is 10. The van der Waals surface area contributed by atoms with E-state index in [0.29, 0.717) is 5.56 Å². The molecule has 0 bridgehead atoms. The van der Waals surface area contributed by atoms with Crippen LogP contribution < -0.4 is 4.90 Å². The van der Waals surface area contributed by atoms with E-state index in [1.54, 1.807) is 36.4 Å². The number of allylic oxidation sites excluding steroid dienone is 4. The fourth-order valence-electron chi connectivity index (χ4n) is 3.21. The number of rotatable bonds is 5. The van der Waals surface area contributed by atoms with Crippen LogP contribution in [-0.2, 0) is 0 Å². The van der Waals surface area contributed by atoms with Gasteiger partial charge in [0.05, 0.1) is 16.7 Å². The summed E-state index contributed by atoms with van der Waals surface area (Å²) in [4.78, 5) is 12.7. The number of non-ortho nitro benzene ring substituents is 1. The molecule has 11 heteroatoms. The lowest BCUT2D eigenvalue weighted by molar-refractivity contribution is -0.383. The van der Waals surface area contributed by atoms with Gasteiger partial charge in [-0.25, -0.2) is 0 Å². The van der Waals surface area contributed by atoms with Crippen molar-refractivity contribution in [2.45, 2.75) is 0 Å². The third-order valence-corrected chi connectivity index (χ3v) is 5.26. The molecule has 0 spiro atoms. The molecule has 0 atom stereocenters. The second-order valence-electron chi connectivity index (χ2n) is 6.74. The molecule has 0 unspecified atom stereocenters. The molecule has 0 aliphatic rings. The summed E-state index contributed by atoms with van der Waals surface area (Å²) in [5, 5.41) is 50.1. The van der Waals surface area contributed by atoms with Crippen LogP contribution in [-0.4, -0.2) is 27.8 Å². The molecule has 1 aromatic heterocycles. The van der Waals surface area contributed by atoms with Crippen molar-refractivity contribution in [2.75, 3.05) is 19.0 Å². The molecule has 10 nitrogen and oxygen atoms in total. The molecular formula is C22H12N8O2S. The zero-order valence-corrected chi connectivity index (χ0v) is 18.1. The Balaban J connectivity index is 2.47. The van der Waals surface area contributed by atoms with Gasteiger partial charge in [-0.1, -0.05) is 12.1 Å². The Labute approximate surface area is 192 Å². The number of nitrogens with zero attached hydrogens (tertiary/aromatic N) is 8. The van der Waals surface area contributed by atoms with E-state index in [9.17, 15) is 31.2 Å².